The van der Waals surface area contributed by atoms with Crippen molar-refractivity contribution >= 4 is 23.4 Å². The van der Waals surface area contributed by atoms with Crippen LogP contribution in [0.1, 0.15) is 95.3 Å². The highest BCUT2D eigenvalue weighted by molar-refractivity contribution is 6.34. The number of benzene rings is 2. The van der Waals surface area contributed by atoms with Gasteiger partial charge in [0.05, 0.1) is 16.8 Å². The third kappa shape index (κ3) is 3.74. The zero-order valence-corrected chi connectivity index (χ0v) is 18.5. The summed E-state index contributed by atoms with van der Waals surface area (Å²) in [6.07, 6.45) is 11.7. The number of carbonyl (C=O) groups is 3. The van der Waals surface area contributed by atoms with Crippen molar-refractivity contribution in [1.82, 2.24) is 4.90 Å². The molecule has 0 atom stereocenters. The topological polar surface area (TPSA) is 57.7 Å². The molecule has 2 aromatic carbocycles. The number of amides is 3. The van der Waals surface area contributed by atoms with Crippen LogP contribution in [-0.2, 0) is 0 Å². The number of nitrogens with zero attached hydrogens (tertiary/aromatic N) is 2. The Morgan fingerprint density at radius 3 is 1.62 bits per heavy atom. The normalized spacial score (nSPS) is 19.8. The van der Waals surface area contributed by atoms with Gasteiger partial charge in [-0.2, -0.15) is 0 Å². The molecule has 5 nitrogen and oxygen atoms in total. The Morgan fingerprint density at radius 1 is 0.688 bits per heavy atom. The van der Waals surface area contributed by atoms with Crippen LogP contribution in [0.2, 0.25) is 0 Å². The summed E-state index contributed by atoms with van der Waals surface area (Å²) in [6.45, 7) is 0. The van der Waals surface area contributed by atoms with Gasteiger partial charge in [-0.3, -0.25) is 14.4 Å². The summed E-state index contributed by atoms with van der Waals surface area (Å²) in [5, 5.41) is 0. The number of rotatable bonds is 4. The molecule has 3 aliphatic rings. The highest BCUT2D eigenvalue weighted by Crippen LogP contribution is 2.33. The monoisotopic (exact) mass is 430 g/mol. The molecule has 0 N–H and O–H groups in total. The molecule has 0 aromatic heterocycles. The molecule has 1 aliphatic heterocycles. The first-order valence-electron chi connectivity index (χ1n) is 12.1. The second kappa shape index (κ2) is 8.89. The average Bonchev–Trinajstić information content (AvgIpc) is 3.11. The molecule has 5 rings (SSSR count). The fraction of sp³-hybridized carbons (Fsp3) is 0.444. The molecule has 0 saturated heterocycles. The molecule has 2 aliphatic carbocycles. The maximum absolute atomic E-state index is 13.7. The van der Waals surface area contributed by atoms with E-state index in [1.165, 1.54) is 43.4 Å². The Bertz CT molecular complexity index is 964. The molecule has 1 heterocycles. The summed E-state index contributed by atoms with van der Waals surface area (Å²) >= 11 is 0. The van der Waals surface area contributed by atoms with Crippen LogP contribution in [0.25, 0.3) is 0 Å². The SMILES string of the molecule is O=C1c2ccccc2C(=O)N1c1ccc(C(=O)N(C2CCCCC2)C2CCCCC2)cc1. The van der Waals surface area contributed by atoms with Crippen molar-refractivity contribution in [3.05, 3.63) is 65.2 Å². The first-order valence-corrected chi connectivity index (χ1v) is 12.1. The van der Waals surface area contributed by atoms with E-state index in [1.54, 1.807) is 48.5 Å². The highest BCUT2D eigenvalue weighted by atomic mass is 16.2. The van der Waals surface area contributed by atoms with Gasteiger partial charge < -0.3 is 4.90 Å². The van der Waals surface area contributed by atoms with Gasteiger partial charge in [0.15, 0.2) is 0 Å². The minimum Gasteiger partial charge on any atom is -0.333 e. The van der Waals surface area contributed by atoms with E-state index in [1.807, 2.05) is 0 Å². The summed E-state index contributed by atoms with van der Waals surface area (Å²) in [6, 6.07) is 14.6. The Labute approximate surface area is 189 Å². The number of fused-ring (bicyclic) bond motifs is 1. The van der Waals surface area contributed by atoms with Crippen molar-refractivity contribution in [1.29, 1.82) is 0 Å². The summed E-state index contributed by atoms with van der Waals surface area (Å²) in [5.41, 5.74) is 2.01. The summed E-state index contributed by atoms with van der Waals surface area (Å²) < 4.78 is 0. The van der Waals surface area contributed by atoms with Gasteiger partial charge in [-0.05, 0) is 62.1 Å². The van der Waals surface area contributed by atoms with Crippen LogP contribution in [0.3, 0.4) is 0 Å². The lowest BCUT2D eigenvalue weighted by Crippen LogP contribution is -2.48. The van der Waals surface area contributed by atoms with Crippen molar-refractivity contribution in [2.75, 3.05) is 4.90 Å². The first kappa shape index (κ1) is 20.9. The molecule has 2 aromatic rings. The van der Waals surface area contributed by atoms with Gasteiger partial charge in [0.1, 0.15) is 0 Å². The van der Waals surface area contributed by atoms with Crippen molar-refractivity contribution in [3.8, 4) is 0 Å². The largest absolute Gasteiger partial charge is 0.333 e. The van der Waals surface area contributed by atoms with E-state index in [4.69, 9.17) is 0 Å². The molecular formula is C27H30N2O3. The Balaban J connectivity index is 1.39. The predicted molar refractivity (Wildman–Crippen MR) is 124 cm³/mol. The van der Waals surface area contributed by atoms with Gasteiger partial charge in [0.25, 0.3) is 17.7 Å². The van der Waals surface area contributed by atoms with Crippen molar-refractivity contribution in [2.24, 2.45) is 0 Å². The quantitative estimate of drug-likeness (QED) is 0.594. The number of imide groups is 1. The van der Waals surface area contributed by atoms with Crippen molar-refractivity contribution < 1.29 is 14.4 Å². The molecule has 0 radical (unpaired) electrons. The fourth-order valence-corrected chi connectivity index (χ4v) is 5.67. The van der Waals surface area contributed by atoms with Gasteiger partial charge >= 0.3 is 0 Å². The maximum atomic E-state index is 13.7. The molecule has 0 unspecified atom stereocenters. The van der Waals surface area contributed by atoms with E-state index in [-0.39, 0.29) is 17.7 Å². The van der Waals surface area contributed by atoms with Gasteiger partial charge in [-0.1, -0.05) is 50.7 Å². The number of anilines is 1. The third-order valence-corrected chi connectivity index (χ3v) is 7.34. The molecule has 32 heavy (non-hydrogen) atoms. The first-order chi connectivity index (χ1) is 15.6. The third-order valence-electron chi connectivity index (χ3n) is 7.34. The summed E-state index contributed by atoms with van der Waals surface area (Å²) in [7, 11) is 0. The van der Waals surface area contributed by atoms with Crippen LogP contribution in [0.15, 0.2) is 48.5 Å². The Morgan fingerprint density at radius 2 is 1.16 bits per heavy atom. The predicted octanol–water partition coefficient (Wildman–Crippen LogP) is 5.59. The van der Waals surface area contributed by atoms with Crippen LogP contribution < -0.4 is 4.90 Å². The molecule has 2 fully saturated rings. The van der Waals surface area contributed by atoms with E-state index in [2.05, 4.69) is 4.90 Å². The van der Waals surface area contributed by atoms with Crippen LogP contribution in [0.5, 0.6) is 0 Å². The van der Waals surface area contributed by atoms with Crippen molar-refractivity contribution in [3.63, 3.8) is 0 Å². The number of hydrogen-bond acceptors (Lipinski definition) is 3. The molecule has 3 amide bonds. The zero-order valence-electron chi connectivity index (χ0n) is 18.5. The number of carbonyl (C=O) groups excluding carboxylic acids is 3. The summed E-state index contributed by atoms with van der Waals surface area (Å²) in [4.78, 5) is 42.6. The molecule has 0 bridgehead atoms. The standard InChI is InChI=1S/C27H30N2O3/c30-25(28(20-9-3-1-4-10-20)21-11-5-2-6-12-21)19-15-17-22(18-16-19)29-26(31)23-13-7-8-14-24(23)27(29)32/h7-8,13-18,20-21H,1-6,9-12H2. The average molecular weight is 431 g/mol. The van der Waals surface area contributed by atoms with Crippen LogP contribution in [0, 0.1) is 0 Å². The van der Waals surface area contributed by atoms with Crippen molar-refractivity contribution in [2.45, 2.75) is 76.3 Å². The lowest BCUT2D eigenvalue weighted by molar-refractivity contribution is 0.0448. The van der Waals surface area contributed by atoms with Gasteiger partial charge in [-0.15, -0.1) is 0 Å². The minimum absolute atomic E-state index is 0.0951. The maximum Gasteiger partial charge on any atom is 0.266 e. The van der Waals surface area contributed by atoms with E-state index < -0.39 is 0 Å². The molecule has 0 spiro atoms. The van der Waals surface area contributed by atoms with Gasteiger partial charge in [-0.25, -0.2) is 4.90 Å². The van der Waals surface area contributed by atoms with E-state index in [9.17, 15) is 14.4 Å². The Hall–Kier alpha value is -2.95. The van der Waals surface area contributed by atoms with E-state index in [0.29, 0.717) is 34.5 Å². The minimum atomic E-state index is -0.310. The van der Waals surface area contributed by atoms with Crippen LogP contribution >= 0.6 is 0 Å². The fourth-order valence-electron chi connectivity index (χ4n) is 5.67. The highest BCUT2D eigenvalue weighted by Gasteiger charge is 2.37. The second-order valence-electron chi connectivity index (χ2n) is 9.33. The van der Waals surface area contributed by atoms with Crippen LogP contribution in [-0.4, -0.2) is 34.7 Å². The van der Waals surface area contributed by atoms with Gasteiger partial charge in [0, 0.05) is 17.6 Å². The second-order valence-corrected chi connectivity index (χ2v) is 9.33. The van der Waals surface area contributed by atoms with Crippen LogP contribution in [0.4, 0.5) is 5.69 Å². The smallest absolute Gasteiger partial charge is 0.266 e. The molecule has 2 saturated carbocycles. The number of hydrogen-bond donors (Lipinski definition) is 0. The lowest BCUT2D eigenvalue weighted by Gasteiger charge is -2.42. The molecule has 5 heteroatoms. The van der Waals surface area contributed by atoms with E-state index in [0.717, 1.165) is 25.7 Å². The van der Waals surface area contributed by atoms with E-state index >= 15 is 0 Å². The summed E-state index contributed by atoms with van der Waals surface area (Å²) in [5.74, 6) is -0.524. The zero-order chi connectivity index (χ0) is 22.1. The Kier molecular flexibility index (Phi) is 5.81. The molecular weight excluding hydrogens is 400 g/mol. The molecule has 166 valence electrons. The lowest BCUT2D eigenvalue weighted by atomic mass is 9.88. The van der Waals surface area contributed by atoms with Gasteiger partial charge in [0.2, 0.25) is 0 Å².